The van der Waals surface area contributed by atoms with Crippen LogP contribution in [-0.2, 0) is 9.59 Å². The number of rotatable bonds is 26. The SMILES string of the molecule is O=C(CCCCCCCCCCCCCCCCCC(=O)Oc1ccc(C(=O)Oc2ccc(-c3ccccc3)cc2)cc1)Oc1ccc(C(=O)Oc2ccc(-c3ccccc3)cc2)cc1. The van der Waals surface area contributed by atoms with Gasteiger partial charge in [0.25, 0.3) is 0 Å². The summed E-state index contributed by atoms with van der Waals surface area (Å²) in [6, 6.07) is 47.7. The van der Waals surface area contributed by atoms with Crippen molar-refractivity contribution >= 4 is 23.9 Å². The molecule has 0 spiro atoms. The van der Waals surface area contributed by atoms with Crippen molar-refractivity contribution in [2.45, 2.75) is 109 Å². The smallest absolute Gasteiger partial charge is 0.343 e. The van der Waals surface area contributed by atoms with E-state index in [0.29, 0.717) is 47.0 Å². The highest BCUT2D eigenvalue weighted by atomic mass is 16.5. The van der Waals surface area contributed by atoms with E-state index < -0.39 is 11.9 Å². The van der Waals surface area contributed by atoms with Gasteiger partial charge in [0.1, 0.15) is 23.0 Å². The number of esters is 4. The van der Waals surface area contributed by atoms with Gasteiger partial charge in [-0.1, -0.05) is 168 Å². The molecule has 65 heavy (non-hydrogen) atoms. The molecule has 8 heteroatoms. The van der Waals surface area contributed by atoms with E-state index in [9.17, 15) is 19.2 Å². The van der Waals surface area contributed by atoms with Crippen molar-refractivity contribution < 1.29 is 38.1 Å². The first-order valence-electron chi connectivity index (χ1n) is 23.3. The normalized spacial score (nSPS) is 10.8. The summed E-state index contributed by atoms with van der Waals surface area (Å²) in [5.41, 5.74) is 5.03. The lowest BCUT2D eigenvalue weighted by atomic mass is 10.0. The highest BCUT2D eigenvalue weighted by Gasteiger charge is 2.13. The molecule has 0 aliphatic carbocycles. The van der Waals surface area contributed by atoms with Crippen molar-refractivity contribution in [3.63, 3.8) is 0 Å². The van der Waals surface area contributed by atoms with Crippen LogP contribution in [-0.4, -0.2) is 23.9 Å². The van der Waals surface area contributed by atoms with Crippen LogP contribution in [0.1, 0.15) is 130 Å². The van der Waals surface area contributed by atoms with Gasteiger partial charge in [0.2, 0.25) is 0 Å². The molecule has 0 fully saturated rings. The number of hydrogen-bond donors (Lipinski definition) is 0. The van der Waals surface area contributed by atoms with Gasteiger partial charge in [0.15, 0.2) is 0 Å². The van der Waals surface area contributed by atoms with Crippen LogP contribution in [0.25, 0.3) is 22.3 Å². The fraction of sp³-hybridized carbons (Fsp3) is 0.298. The van der Waals surface area contributed by atoms with Gasteiger partial charge >= 0.3 is 23.9 Å². The lowest BCUT2D eigenvalue weighted by molar-refractivity contribution is -0.135. The molecule has 336 valence electrons. The fourth-order valence-corrected chi connectivity index (χ4v) is 7.54. The number of carbonyl (C=O) groups is 4. The Morgan fingerprint density at radius 2 is 0.508 bits per heavy atom. The Labute approximate surface area is 383 Å². The molecule has 0 amide bonds. The zero-order valence-electron chi connectivity index (χ0n) is 37.3. The van der Waals surface area contributed by atoms with E-state index in [4.69, 9.17) is 18.9 Å². The molecule has 0 atom stereocenters. The standard InChI is InChI=1S/C57H60O8/c58-54(62-50-40-32-48(33-41-50)56(60)64-52-36-28-46(29-37-52)44-22-16-14-17-23-44)26-20-12-10-8-6-4-2-1-3-5-7-9-11-13-21-27-55(59)63-51-42-34-49(35-43-51)57(61)65-53-38-30-47(31-39-53)45-24-18-15-19-25-45/h14-19,22-25,28-43H,1-13,20-21,26-27H2. The molecule has 0 aromatic heterocycles. The average Bonchev–Trinajstić information content (AvgIpc) is 3.34. The topological polar surface area (TPSA) is 105 Å². The molecule has 0 unspecified atom stereocenters. The molecule has 0 bridgehead atoms. The molecule has 0 saturated carbocycles. The summed E-state index contributed by atoms with van der Waals surface area (Å²) in [7, 11) is 0. The second kappa shape index (κ2) is 26.7. The molecule has 0 saturated heterocycles. The summed E-state index contributed by atoms with van der Waals surface area (Å²) in [6.07, 6.45) is 17.8. The second-order valence-corrected chi connectivity index (χ2v) is 16.4. The van der Waals surface area contributed by atoms with E-state index in [1.54, 1.807) is 72.8 Å². The van der Waals surface area contributed by atoms with Crippen molar-refractivity contribution in [2.75, 3.05) is 0 Å². The van der Waals surface area contributed by atoms with E-state index in [1.807, 2.05) is 84.9 Å². The van der Waals surface area contributed by atoms with Crippen LogP contribution in [0, 0.1) is 0 Å². The summed E-state index contributed by atoms with van der Waals surface area (Å²) in [6.45, 7) is 0. The van der Waals surface area contributed by atoms with Gasteiger partial charge in [-0.3, -0.25) is 9.59 Å². The maximum atomic E-state index is 12.6. The van der Waals surface area contributed by atoms with Crippen LogP contribution in [0.2, 0.25) is 0 Å². The summed E-state index contributed by atoms with van der Waals surface area (Å²) in [5, 5.41) is 0. The third-order valence-electron chi connectivity index (χ3n) is 11.2. The quantitative estimate of drug-likeness (QED) is 0.0301. The van der Waals surface area contributed by atoms with Crippen molar-refractivity contribution in [3.05, 3.63) is 169 Å². The molecule has 8 nitrogen and oxygen atoms in total. The summed E-state index contributed by atoms with van der Waals surface area (Å²) < 4.78 is 22.0. The van der Waals surface area contributed by atoms with Crippen LogP contribution in [0.4, 0.5) is 0 Å². The Hall–Kier alpha value is -6.80. The maximum absolute atomic E-state index is 12.6. The molecule has 6 aromatic rings. The Bertz CT molecular complexity index is 2170. The molecule has 6 aromatic carbocycles. The Morgan fingerprint density at radius 3 is 0.815 bits per heavy atom. The Kier molecular flexibility index (Phi) is 19.6. The largest absolute Gasteiger partial charge is 0.427 e. The minimum atomic E-state index is -0.471. The highest BCUT2D eigenvalue weighted by molar-refractivity contribution is 5.92. The van der Waals surface area contributed by atoms with E-state index in [1.165, 1.54) is 57.8 Å². The molecule has 0 N–H and O–H groups in total. The number of carbonyl (C=O) groups excluding carboxylic acids is 4. The summed E-state index contributed by atoms with van der Waals surface area (Å²) in [5.74, 6) is 0.293. The molecule has 0 heterocycles. The average molecular weight is 873 g/mol. The van der Waals surface area contributed by atoms with Crippen LogP contribution in [0.15, 0.2) is 158 Å². The van der Waals surface area contributed by atoms with Crippen LogP contribution >= 0.6 is 0 Å². The molecule has 0 radical (unpaired) electrons. The van der Waals surface area contributed by atoms with Crippen molar-refractivity contribution in [1.82, 2.24) is 0 Å². The molecular weight excluding hydrogens is 813 g/mol. The number of hydrogen-bond acceptors (Lipinski definition) is 8. The van der Waals surface area contributed by atoms with Crippen LogP contribution < -0.4 is 18.9 Å². The van der Waals surface area contributed by atoms with Crippen molar-refractivity contribution in [2.24, 2.45) is 0 Å². The van der Waals surface area contributed by atoms with Gasteiger partial charge in [-0.25, -0.2) is 9.59 Å². The Morgan fingerprint density at radius 1 is 0.262 bits per heavy atom. The van der Waals surface area contributed by atoms with E-state index in [0.717, 1.165) is 60.8 Å². The number of unbranched alkanes of at least 4 members (excludes halogenated alkanes) is 14. The predicted molar refractivity (Wildman–Crippen MR) is 256 cm³/mol. The number of benzene rings is 6. The third-order valence-corrected chi connectivity index (χ3v) is 11.2. The van der Waals surface area contributed by atoms with E-state index >= 15 is 0 Å². The van der Waals surface area contributed by atoms with Gasteiger partial charge in [-0.05, 0) is 108 Å². The predicted octanol–water partition coefficient (Wildman–Crippen LogP) is 14.6. The minimum absolute atomic E-state index is 0.261. The monoisotopic (exact) mass is 872 g/mol. The zero-order chi connectivity index (χ0) is 45.3. The first kappa shape index (κ1) is 47.7. The summed E-state index contributed by atoms with van der Waals surface area (Å²) in [4.78, 5) is 50.0. The third kappa shape index (κ3) is 17.0. The van der Waals surface area contributed by atoms with Crippen molar-refractivity contribution in [1.29, 1.82) is 0 Å². The van der Waals surface area contributed by atoms with Crippen LogP contribution in [0.3, 0.4) is 0 Å². The zero-order valence-corrected chi connectivity index (χ0v) is 37.3. The first-order valence-corrected chi connectivity index (χ1v) is 23.3. The van der Waals surface area contributed by atoms with Gasteiger partial charge in [-0.15, -0.1) is 0 Å². The highest BCUT2D eigenvalue weighted by Crippen LogP contribution is 2.25. The molecule has 0 aliphatic rings. The first-order chi connectivity index (χ1) is 31.9. The Balaban J connectivity index is 0.698. The number of ether oxygens (including phenoxy) is 4. The fourth-order valence-electron chi connectivity index (χ4n) is 7.54. The second-order valence-electron chi connectivity index (χ2n) is 16.4. The van der Waals surface area contributed by atoms with Crippen LogP contribution in [0.5, 0.6) is 23.0 Å². The minimum Gasteiger partial charge on any atom is -0.427 e. The van der Waals surface area contributed by atoms with Gasteiger partial charge in [-0.2, -0.15) is 0 Å². The molecule has 6 rings (SSSR count). The van der Waals surface area contributed by atoms with Crippen molar-refractivity contribution in [3.8, 4) is 45.3 Å². The maximum Gasteiger partial charge on any atom is 0.343 e. The van der Waals surface area contributed by atoms with E-state index in [-0.39, 0.29) is 11.9 Å². The molecular formula is C57H60O8. The lowest BCUT2D eigenvalue weighted by Gasteiger charge is -2.08. The van der Waals surface area contributed by atoms with E-state index in [2.05, 4.69) is 0 Å². The van der Waals surface area contributed by atoms with Gasteiger partial charge in [0.05, 0.1) is 11.1 Å². The lowest BCUT2D eigenvalue weighted by Crippen LogP contribution is -2.10. The molecule has 0 aliphatic heterocycles. The summed E-state index contributed by atoms with van der Waals surface area (Å²) >= 11 is 0. The van der Waals surface area contributed by atoms with Gasteiger partial charge < -0.3 is 18.9 Å². The van der Waals surface area contributed by atoms with Gasteiger partial charge in [0, 0.05) is 12.8 Å².